The van der Waals surface area contributed by atoms with E-state index in [4.69, 9.17) is 19.2 Å². The Labute approximate surface area is 224 Å². The Balaban J connectivity index is 0.00000171. The summed E-state index contributed by atoms with van der Waals surface area (Å²) in [4.78, 5) is 7.25. The number of ether oxygens (including phenoxy) is 3. The van der Waals surface area contributed by atoms with Gasteiger partial charge in [0.05, 0.1) is 36.1 Å². The molecule has 0 saturated carbocycles. The first-order valence-corrected chi connectivity index (χ1v) is 12.8. The lowest BCUT2D eigenvalue weighted by atomic mass is 9.97. The highest BCUT2D eigenvalue weighted by Gasteiger charge is 2.23. The second-order valence-electron chi connectivity index (χ2n) is 8.88. The van der Waals surface area contributed by atoms with E-state index in [0.717, 1.165) is 43.2 Å². The Hall–Kier alpha value is -1.45. The van der Waals surface area contributed by atoms with Crippen LogP contribution in [0.5, 0.6) is 0 Å². The van der Waals surface area contributed by atoms with Gasteiger partial charge in [0.1, 0.15) is 0 Å². The first kappa shape index (κ1) is 28.1. The lowest BCUT2D eigenvalue weighted by Gasteiger charge is -2.32. The molecule has 2 aromatic carbocycles. The minimum Gasteiger partial charge on any atom is -0.370 e. The Morgan fingerprint density at radius 1 is 0.971 bits per heavy atom. The average molecular weight is 541 g/mol. The van der Waals surface area contributed by atoms with Crippen LogP contribution in [0.4, 0.5) is 5.13 Å². The monoisotopic (exact) mass is 539 g/mol. The second kappa shape index (κ2) is 14.3. The highest BCUT2D eigenvalue weighted by atomic mass is 35.5. The summed E-state index contributed by atoms with van der Waals surface area (Å²) in [6, 6.07) is 18.8. The molecule has 0 spiro atoms. The van der Waals surface area contributed by atoms with E-state index >= 15 is 0 Å². The van der Waals surface area contributed by atoms with Crippen LogP contribution in [0.25, 0.3) is 10.2 Å². The molecular weight excluding hydrogens is 505 g/mol. The van der Waals surface area contributed by atoms with Crippen LogP contribution in [0.1, 0.15) is 18.4 Å². The van der Waals surface area contributed by atoms with Gasteiger partial charge in [0, 0.05) is 26.1 Å². The quantitative estimate of drug-likeness (QED) is 0.388. The van der Waals surface area contributed by atoms with Crippen LogP contribution < -0.4 is 10.2 Å². The molecule has 192 valence electrons. The largest absolute Gasteiger partial charge is 0.370 e. The smallest absolute Gasteiger partial charge is 0.186 e. The number of fused-ring (bicyclic) bond motifs is 1. The maximum absolute atomic E-state index is 5.93. The van der Waals surface area contributed by atoms with E-state index in [2.05, 4.69) is 58.7 Å². The molecule has 6 nitrogen and oxygen atoms in total. The molecule has 1 aromatic heterocycles. The average Bonchev–Trinajstić information content (AvgIpc) is 3.30. The van der Waals surface area contributed by atoms with Gasteiger partial charge in [-0.3, -0.25) is 0 Å². The number of para-hydroxylation sites is 1. The summed E-state index contributed by atoms with van der Waals surface area (Å²) in [5.74, 6) is 0.712. The maximum Gasteiger partial charge on any atom is 0.186 e. The molecule has 9 heteroatoms. The van der Waals surface area contributed by atoms with Crippen molar-refractivity contribution in [2.75, 3.05) is 50.9 Å². The standard InChI is InChI=1S/C26H33N3O3S.2ClH/c1-2-6-20(7-3-1)16-22-18-32-25(19-31-22)30-15-12-27-17-21-10-13-29(14-11-21)26-28-23-8-4-5-9-24(23)33-26;;/h1-9,21-22,25,27H,10-19H2;2*1H. The number of aromatic nitrogens is 1. The number of nitrogens with zero attached hydrogens (tertiary/aromatic N) is 2. The molecule has 2 fully saturated rings. The molecule has 2 atom stereocenters. The van der Waals surface area contributed by atoms with Gasteiger partial charge in [-0.2, -0.15) is 0 Å². The van der Waals surface area contributed by atoms with Crippen LogP contribution in [0, 0.1) is 5.92 Å². The lowest BCUT2D eigenvalue weighted by molar-refractivity contribution is -0.233. The van der Waals surface area contributed by atoms with Gasteiger partial charge in [-0.05, 0) is 43.0 Å². The van der Waals surface area contributed by atoms with Crippen molar-refractivity contribution in [3.8, 4) is 0 Å². The number of piperidine rings is 1. The molecule has 2 aliphatic rings. The van der Waals surface area contributed by atoms with Crippen molar-refractivity contribution in [2.24, 2.45) is 5.92 Å². The predicted molar refractivity (Wildman–Crippen MR) is 148 cm³/mol. The van der Waals surface area contributed by atoms with Crippen molar-refractivity contribution in [1.82, 2.24) is 10.3 Å². The zero-order valence-electron chi connectivity index (χ0n) is 19.8. The first-order chi connectivity index (χ1) is 16.3. The van der Waals surface area contributed by atoms with Crippen LogP contribution in [0.15, 0.2) is 54.6 Å². The van der Waals surface area contributed by atoms with Crippen molar-refractivity contribution in [2.45, 2.75) is 31.7 Å². The van der Waals surface area contributed by atoms with Gasteiger partial charge in [-0.1, -0.05) is 53.8 Å². The number of hydrogen-bond donors (Lipinski definition) is 1. The molecule has 0 amide bonds. The summed E-state index contributed by atoms with van der Waals surface area (Å²) < 4.78 is 18.9. The number of halogens is 2. The van der Waals surface area contributed by atoms with Crippen molar-refractivity contribution in [3.05, 3.63) is 60.2 Å². The Bertz CT molecular complexity index is 961. The summed E-state index contributed by atoms with van der Waals surface area (Å²) in [7, 11) is 0. The molecule has 0 radical (unpaired) electrons. The fourth-order valence-electron chi connectivity index (χ4n) is 4.51. The van der Waals surface area contributed by atoms with Crippen LogP contribution in [0.2, 0.25) is 0 Å². The topological polar surface area (TPSA) is 55.9 Å². The number of nitrogens with one attached hydrogen (secondary N) is 1. The lowest BCUT2D eigenvalue weighted by Crippen LogP contribution is -2.40. The number of thiazole rings is 1. The molecule has 5 rings (SSSR count). The molecule has 3 aromatic rings. The van der Waals surface area contributed by atoms with E-state index in [1.165, 1.54) is 23.1 Å². The van der Waals surface area contributed by atoms with E-state index in [1.807, 2.05) is 6.07 Å². The predicted octanol–water partition coefficient (Wildman–Crippen LogP) is 4.95. The first-order valence-electron chi connectivity index (χ1n) is 12.0. The van der Waals surface area contributed by atoms with E-state index in [-0.39, 0.29) is 37.2 Å². The van der Waals surface area contributed by atoms with Crippen LogP contribution in [-0.2, 0) is 20.6 Å². The molecule has 2 aliphatic heterocycles. The van der Waals surface area contributed by atoms with Crippen molar-refractivity contribution in [3.63, 3.8) is 0 Å². The van der Waals surface area contributed by atoms with Crippen LogP contribution >= 0.6 is 36.2 Å². The van der Waals surface area contributed by atoms with Gasteiger partial charge in [-0.15, -0.1) is 24.8 Å². The van der Waals surface area contributed by atoms with Crippen molar-refractivity contribution < 1.29 is 14.2 Å². The van der Waals surface area contributed by atoms with E-state index < -0.39 is 0 Å². The zero-order chi connectivity index (χ0) is 22.3. The normalized spacial score (nSPS) is 20.9. The van der Waals surface area contributed by atoms with Gasteiger partial charge in [0.2, 0.25) is 0 Å². The molecule has 0 aliphatic carbocycles. The van der Waals surface area contributed by atoms with Gasteiger partial charge in [0.15, 0.2) is 11.4 Å². The Morgan fingerprint density at radius 2 is 1.74 bits per heavy atom. The highest BCUT2D eigenvalue weighted by molar-refractivity contribution is 7.22. The van der Waals surface area contributed by atoms with Gasteiger partial charge in [-0.25, -0.2) is 4.98 Å². The van der Waals surface area contributed by atoms with E-state index in [9.17, 15) is 0 Å². The number of anilines is 1. The molecule has 35 heavy (non-hydrogen) atoms. The van der Waals surface area contributed by atoms with Crippen LogP contribution in [-0.4, -0.2) is 63.4 Å². The van der Waals surface area contributed by atoms with Crippen molar-refractivity contribution >= 4 is 51.5 Å². The Morgan fingerprint density at radius 3 is 2.49 bits per heavy atom. The van der Waals surface area contributed by atoms with Gasteiger partial charge >= 0.3 is 0 Å². The van der Waals surface area contributed by atoms with Gasteiger partial charge in [0.25, 0.3) is 0 Å². The van der Waals surface area contributed by atoms with Gasteiger partial charge < -0.3 is 24.4 Å². The van der Waals surface area contributed by atoms with E-state index in [1.54, 1.807) is 11.3 Å². The second-order valence-corrected chi connectivity index (χ2v) is 9.89. The molecule has 3 heterocycles. The summed E-state index contributed by atoms with van der Waals surface area (Å²) in [6.07, 6.45) is 3.14. The molecule has 1 N–H and O–H groups in total. The minimum atomic E-state index is -0.254. The fraction of sp³-hybridized carbons (Fsp3) is 0.500. The van der Waals surface area contributed by atoms with Crippen molar-refractivity contribution in [1.29, 1.82) is 0 Å². The SMILES string of the molecule is Cl.Cl.c1ccc(CC2COC(OCCNCC3CCN(c4nc5ccccc5s4)CC3)CO2)cc1. The summed E-state index contributed by atoms with van der Waals surface area (Å²) >= 11 is 1.80. The Kier molecular flexibility index (Phi) is 11.5. The highest BCUT2D eigenvalue weighted by Crippen LogP contribution is 2.31. The summed E-state index contributed by atoms with van der Waals surface area (Å²) in [5.41, 5.74) is 2.39. The third kappa shape index (κ3) is 8.02. The maximum atomic E-state index is 5.93. The third-order valence-electron chi connectivity index (χ3n) is 6.43. The molecule has 0 bridgehead atoms. The number of rotatable bonds is 9. The summed E-state index contributed by atoms with van der Waals surface area (Å²) in [5, 5.41) is 4.72. The van der Waals surface area contributed by atoms with E-state index in [0.29, 0.717) is 25.7 Å². The third-order valence-corrected chi connectivity index (χ3v) is 7.52. The van der Waals surface area contributed by atoms with Crippen LogP contribution in [0.3, 0.4) is 0 Å². The number of hydrogen-bond acceptors (Lipinski definition) is 7. The molecule has 2 unspecified atom stereocenters. The minimum absolute atomic E-state index is 0. The molecular formula is C26H35Cl2N3O3S. The zero-order valence-corrected chi connectivity index (χ0v) is 22.3. The summed E-state index contributed by atoms with van der Waals surface area (Å²) in [6.45, 7) is 5.77. The number of benzene rings is 2. The molecule has 2 saturated heterocycles. The fourth-order valence-corrected chi connectivity index (χ4v) is 5.53.